The van der Waals surface area contributed by atoms with Gasteiger partial charge in [-0.3, -0.25) is 4.79 Å². The van der Waals surface area contributed by atoms with Crippen LogP contribution in [0.5, 0.6) is 17.2 Å². The molecule has 6 nitrogen and oxygen atoms in total. The predicted molar refractivity (Wildman–Crippen MR) is 95.3 cm³/mol. The fourth-order valence-corrected chi connectivity index (χ4v) is 2.99. The molecule has 2 aromatic rings. The second-order valence-corrected chi connectivity index (χ2v) is 5.97. The molecular formula is C20H20N2O4. The summed E-state index contributed by atoms with van der Waals surface area (Å²) in [5.41, 5.74) is 2.71. The summed E-state index contributed by atoms with van der Waals surface area (Å²) in [4.78, 5) is 14.3. The largest absolute Gasteiger partial charge is 0.493 e. The van der Waals surface area contributed by atoms with Crippen LogP contribution in [0.25, 0.3) is 0 Å². The van der Waals surface area contributed by atoms with Crippen LogP contribution >= 0.6 is 0 Å². The quantitative estimate of drug-likeness (QED) is 0.827. The first-order valence-electron chi connectivity index (χ1n) is 8.29. The summed E-state index contributed by atoms with van der Waals surface area (Å²) in [5, 5.41) is 8.92. The zero-order valence-electron chi connectivity index (χ0n) is 14.8. The van der Waals surface area contributed by atoms with Crippen LogP contribution in [0.15, 0.2) is 36.4 Å². The van der Waals surface area contributed by atoms with Crippen molar-refractivity contribution in [2.75, 3.05) is 27.4 Å². The summed E-state index contributed by atoms with van der Waals surface area (Å²) in [7, 11) is 3.21. The topological polar surface area (TPSA) is 71.8 Å². The molecule has 0 fully saturated rings. The minimum absolute atomic E-state index is 0.0580. The Morgan fingerprint density at radius 2 is 1.88 bits per heavy atom. The van der Waals surface area contributed by atoms with Gasteiger partial charge in [0, 0.05) is 13.1 Å². The van der Waals surface area contributed by atoms with E-state index in [4.69, 9.17) is 19.5 Å². The minimum Gasteiger partial charge on any atom is -0.493 e. The smallest absolute Gasteiger partial charge is 0.260 e. The molecule has 0 saturated carbocycles. The highest BCUT2D eigenvalue weighted by molar-refractivity contribution is 5.78. The van der Waals surface area contributed by atoms with Crippen LogP contribution in [0, 0.1) is 11.3 Å². The van der Waals surface area contributed by atoms with Crippen LogP contribution in [0.2, 0.25) is 0 Å². The van der Waals surface area contributed by atoms with Crippen molar-refractivity contribution in [2.45, 2.75) is 13.0 Å². The highest BCUT2D eigenvalue weighted by Gasteiger charge is 2.23. The average Bonchev–Trinajstić information content (AvgIpc) is 2.70. The van der Waals surface area contributed by atoms with Gasteiger partial charge in [0.05, 0.1) is 25.9 Å². The molecule has 0 radical (unpaired) electrons. The van der Waals surface area contributed by atoms with Crippen molar-refractivity contribution < 1.29 is 19.0 Å². The molecule has 0 spiro atoms. The Morgan fingerprint density at radius 3 is 2.58 bits per heavy atom. The summed E-state index contributed by atoms with van der Waals surface area (Å²) < 4.78 is 16.2. The Balaban J connectivity index is 1.66. The first-order valence-corrected chi connectivity index (χ1v) is 8.29. The molecule has 0 aliphatic carbocycles. The third-order valence-electron chi connectivity index (χ3n) is 4.40. The standard InChI is InChI=1S/C20H20N2O4/c1-24-18-9-15-6-7-22(12-16(15)10-19(18)25-2)20(23)13-26-17-5-3-4-14(8-17)11-21/h3-5,8-10H,6-7,12-13H2,1-2H3. The van der Waals surface area contributed by atoms with Gasteiger partial charge in [-0.15, -0.1) is 0 Å². The van der Waals surface area contributed by atoms with Gasteiger partial charge in [0.1, 0.15) is 5.75 Å². The maximum Gasteiger partial charge on any atom is 0.260 e. The zero-order valence-corrected chi connectivity index (χ0v) is 14.8. The van der Waals surface area contributed by atoms with Gasteiger partial charge in [0.25, 0.3) is 5.91 Å². The molecule has 6 heteroatoms. The van der Waals surface area contributed by atoms with Crippen molar-refractivity contribution in [3.8, 4) is 23.3 Å². The van der Waals surface area contributed by atoms with E-state index in [2.05, 4.69) is 6.07 Å². The van der Waals surface area contributed by atoms with E-state index in [0.29, 0.717) is 35.9 Å². The van der Waals surface area contributed by atoms with Crippen LogP contribution in [-0.4, -0.2) is 38.2 Å². The Kier molecular flexibility index (Phi) is 5.28. The van der Waals surface area contributed by atoms with Crippen LogP contribution in [0.1, 0.15) is 16.7 Å². The monoisotopic (exact) mass is 352 g/mol. The number of methoxy groups -OCH3 is 2. The number of amides is 1. The van der Waals surface area contributed by atoms with Gasteiger partial charge in [-0.05, 0) is 47.9 Å². The zero-order chi connectivity index (χ0) is 18.5. The van der Waals surface area contributed by atoms with E-state index in [9.17, 15) is 4.79 Å². The summed E-state index contributed by atoms with van der Waals surface area (Å²) in [6.45, 7) is 1.08. The number of nitriles is 1. The number of benzene rings is 2. The highest BCUT2D eigenvalue weighted by atomic mass is 16.5. The van der Waals surface area contributed by atoms with E-state index in [0.717, 1.165) is 17.5 Å². The summed E-state index contributed by atoms with van der Waals surface area (Å²) in [6, 6.07) is 12.7. The molecule has 134 valence electrons. The van der Waals surface area contributed by atoms with Crippen molar-refractivity contribution in [1.29, 1.82) is 5.26 Å². The third-order valence-corrected chi connectivity index (χ3v) is 4.40. The third kappa shape index (κ3) is 3.72. The van der Waals surface area contributed by atoms with E-state index in [-0.39, 0.29) is 12.5 Å². The lowest BCUT2D eigenvalue weighted by atomic mass is 9.99. The molecule has 0 unspecified atom stereocenters. The van der Waals surface area contributed by atoms with E-state index in [1.165, 1.54) is 0 Å². The number of carbonyl (C=O) groups is 1. The predicted octanol–water partition coefficient (Wildman–Crippen LogP) is 2.54. The first-order chi connectivity index (χ1) is 12.6. The molecular weight excluding hydrogens is 332 g/mol. The fraction of sp³-hybridized carbons (Fsp3) is 0.300. The fourth-order valence-electron chi connectivity index (χ4n) is 2.99. The summed E-state index contributed by atoms with van der Waals surface area (Å²) >= 11 is 0. The van der Waals surface area contributed by atoms with Crippen molar-refractivity contribution in [3.63, 3.8) is 0 Å². The Bertz CT molecular complexity index is 857. The lowest BCUT2D eigenvalue weighted by Gasteiger charge is -2.29. The lowest BCUT2D eigenvalue weighted by molar-refractivity contribution is -0.134. The normalized spacial score (nSPS) is 12.7. The molecule has 0 atom stereocenters. The molecule has 2 aromatic carbocycles. The van der Waals surface area contributed by atoms with Crippen molar-refractivity contribution in [2.24, 2.45) is 0 Å². The van der Waals surface area contributed by atoms with Gasteiger partial charge in [-0.1, -0.05) is 6.07 Å². The number of rotatable bonds is 5. The SMILES string of the molecule is COc1cc2c(cc1OC)CN(C(=O)COc1cccc(C#N)c1)CC2. The number of nitrogens with zero attached hydrogens (tertiary/aromatic N) is 2. The molecule has 3 rings (SSSR count). The van der Waals surface area contributed by atoms with Gasteiger partial charge in [-0.2, -0.15) is 5.26 Å². The van der Waals surface area contributed by atoms with Gasteiger partial charge in [0.2, 0.25) is 0 Å². The van der Waals surface area contributed by atoms with Gasteiger partial charge >= 0.3 is 0 Å². The highest BCUT2D eigenvalue weighted by Crippen LogP contribution is 2.33. The average molecular weight is 352 g/mol. The summed E-state index contributed by atoms with van der Waals surface area (Å²) in [6.07, 6.45) is 0.755. The lowest BCUT2D eigenvalue weighted by Crippen LogP contribution is -2.38. The molecule has 0 bridgehead atoms. The van der Waals surface area contributed by atoms with Crippen LogP contribution < -0.4 is 14.2 Å². The Morgan fingerprint density at radius 1 is 1.15 bits per heavy atom. The first kappa shape index (κ1) is 17.6. The Labute approximate surface area is 152 Å². The maximum absolute atomic E-state index is 12.5. The number of ether oxygens (including phenoxy) is 3. The minimum atomic E-state index is -0.0900. The molecule has 1 aliphatic rings. The van der Waals surface area contributed by atoms with E-state index in [1.807, 2.05) is 12.1 Å². The van der Waals surface area contributed by atoms with Crippen LogP contribution in [-0.2, 0) is 17.8 Å². The number of carbonyl (C=O) groups excluding carboxylic acids is 1. The molecule has 1 heterocycles. The van der Waals surface area contributed by atoms with E-state index in [1.54, 1.807) is 43.4 Å². The molecule has 0 saturated heterocycles. The van der Waals surface area contributed by atoms with Crippen molar-refractivity contribution in [1.82, 2.24) is 4.90 Å². The van der Waals surface area contributed by atoms with Crippen molar-refractivity contribution >= 4 is 5.91 Å². The maximum atomic E-state index is 12.5. The van der Waals surface area contributed by atoms with Crippen LogP contribution in [0.4, 0.5) is 0 Å². The molecule has 0 aromatic heterocycles. The molecule has 26 heavy (non-hydrogen) atoms. The Hall–Kier alpha value is -3.20. The van der Waals surface area contributed by atoms with E-state index < -0.39 is 0 Å². The second-order valence-electron chi connectivity index (χ2n) is 5.97. The van der Waals surface area contributed by atoms with Gasteiger partial charge in [-0.25, -0.2) is 0 Å². The van der Waals surface area contributed by atoms with Crippen LogP contribution in [0.3, 0.4) is 0 Å². The van der Waals surface area contributed by atoms with Gasteiger partial charge in [0.15, 0.2) is 18.1 Å². The van der Waals surface area contributed by atoms with E-state index >= 15 is 0 Å². The number of fused-ring (bicyclic) bond motifs is 1. The molecule has 1 aliphatic heterocycles. The number of hydrogen-bond acceptors (Lipinski definition) is 5. The van der Waals surface area contributed by atoms with Crippen molar-refractivity contribution in [3.05, 3.63) is 53.1 Å². The number of hydrogen-bond donors (Lipinski definition) is 0. The summed E-state index contributed by atoms with van der Waals surface area (Å²) in [5.74, 6) is 1.78. The second kappa shape index (κ2) is 7.79. The molecule has 0 N–H and O–H groups in total. The molecule has 1 amide bonds. The van der Waals surface area contributed by atoms with Gasteiger partial charge < -0.3 is 19.1 Å².